The quantitative estimate of drug-likeness (QED) is 0.336. The van der Waals surface area contributed by atoms with E-state index in [1.54, 1.807) is 6.07 Å². The van der Waals surface area contributed by atoms with Gasteiger partial charge < -0.3 is 5.32 Å². The molecular weight excluding hydrogens is 457 g/mol. The zero-order chi connectivity index (χ0) is 23.2. The standard InChI is InChI=1S/C26H23ClFN3OS/c1-25(2,31-22(32)15-27)17-8-9-18(19(28)14-17)23-29-20-10-11-21(30-24(20)33-23)26(12-13-26)16-6-4-3-5-7-16/h3-11,14H,12-13,15H2,1-2H3,(H,31,32). The molecule has 2 heterocycles. The molecule has 0 spiro atoms. The molecule has 2 aromatic heterocycles. The van der Waals surface area contributed by atoms with Crippen molar-refractivity contribution in [3.05, 3.63) is 83.3 Å². The van der Waals surface area contributed by atoms with Gasteiger partial charge in [0, 0.05) is 11.0 Å². The van der Waals surface area contributed by atoms with E-state index in [1.165, 1.54) is 23.0 Å². The fourth-order valence-electron chi connectivity index (χ4n) is 4.31. The number of amides is 1. The molecule has 0 saturated heterocycles. The maximum absolute atomic E-state index is 15.1. The Hall–Kier alpha value is -2.83. The number of alkyl halides is 1. The Morgan fingerprint density at radius 1 is 1.12 bits per heavy atom. The summed E-state index contributed by atoms with van der Waals surface area (Å²) in [6, 6.07) is 19.5. The first-order chi connectivity index (χ1) is 15.8. The molecule has 0 bridgehead atoms. The zero-order valence-corrected chi connectivity index (χ0v) is 19.9. The van der Waals surface area contributed by atoms with Crippen molar-refractivity contribution in [3.63, 3.8) is 0 Å². The number of pyridine rings is 1. The van der Waals surface area contributed by atoms with E-state index in [1.807, 2.05) is 38.1 Å². The van der Waals surface area contributed by atoms with Crippen molar-refractivity contribution in [2.75, 3.05) is 5.88 Å². The zero-order valence-electron chi connectivity index (χ0n) is 18.4. The van der Waals surface area contributed by atoms with E-state index < -0.39 is 5.54 Å². The van der Waals surface area contributed by atoms with Crippen molar-refractivity contribution >= 4 is 39.2 Å². The molecule has 168 valence electrons. The van der Waals surface area contributed by atoms with Crippen molar-refractivity contribution in [2.24, 2.45) is 0 Å². The van der Waals surface area contributed by atoms with E-state index in [-0.39, 0.29) is 23.0 Å². The number of hydrogen-bond donors (Lipinski definition) is 1. The Bertz CT molecular complexity index is 1350. The number of halogens is 2. The molecular formula is C26H23ClFN3OS. The van der Waals surface area contributed by atoms with Crippen LogP contribution in [0.25, 0.3) is 20.9 Å². The number of nitrogens with one attached hydrogen (secondary N) is 1. The van der Waals surface area contributed by atoms with Crippen LogP contribution in [0.3, 0.4) is 0 Å². The third-order valence-corrected chi connectivity index (χ3v) is 7.56. The molecule has 1 N–H and O–H groups in total. The smallest absolute Gasteiger partial charge is 0.235 e. The summed E-state index contributed by atoms with van der Waals surface area (Å²) in [7, 11) is 0. The minimum Gasteiger partial charge on any atom is -0.346 e. The third-order valence-electron chi connectivity index (χ3n) is 6.32. The second kappa shape index (κ2) is 8.19. The molecule has 1 aliphatic rings. The SMILES string of the molecule is CC(C)(NC(=O)CCl)c1ccc(-c2nc3ccc(C4(c5ccccc5)CC4)nc3s2)c(F)c1. The lowest BCUT2D eigenvalue weighted by Gasteiger charge is -2.26. The maximum Gasteiger partial charge on any atom is 0.235 e. The molecule has 1 fully saturated rings. The van der Waals surface area contributed by atoms with E-state index in [4.69, 9.17) is 16.6 Å². The number of fused-ring (bicyclic) bond motifs is 1. The number of carbonyl (C=O) groups excluding carboxylic acids is 1. The summed E-state index contributed by atoms with van der Waals surface area (Å²) in [5.74, 6) is -0.831. The van der Waals surface area contributed by atoms with Crippen LogP contribution in [-0.4, -0.2) is 21.8 Å². The minimum atomic E-state index is -0.745. The van der Waals surface area contributed by atoms with Crippen molar-refractivity contribution in [3.8, 4) is 10.6 Å². The molecule has 7 heteroatoms. The van der Waals surface area contributed by atoms with Crippen LogP contribution < -0.4 is 5.32 Å². The van der Waals surface area contributed by atoms with E-state index in [2.05, 4.69) is 34.6 Å². The summed E-state index contributed by atoms with van der Waals surface area (Å²) < 4.78 is 15.1. The summed E-state index contributed by atoms with van der Waals surface area (Å²) in [4.78, 5) is 22.1. The van der Waals surface area contributed by atoms with E-state index in [0.717, 1.165) is 28.9 Å². The predicted molar refractivity (Wildman–Crippen MR) is 131 cm³/mol. The van der Waals surface area contributed by atoms with Gasteiger partial charge in [0.05, 0.1) is 11.2 Å². The Labute approximate surface area is 200 Å². The average molecular weight is 480 g/mol. The van der Waals surface area contributed by atoms with Gasteiger partial charge in [-0.2, -0.15) is 0 Å². The molecule has 2 aromatic carbocycles. The summed E-state index contributed by atoms with van der Waals surface area (Å²) in [5, 5.41) is 3.40. The molecule has 0 atom stereocenters. The first-order valence-corrected chi connectivity index (χ1v) is 12.2. The van der Waals surface area contributed by atoms with Crippen LogP contribution in [0.5, 0.6) is 0 Å². The van der Waals surface area contributed by atoms with Crippen molar-refractivity contribution in [1.82, 2.24) is 15.3 Å². The van der Waals surface area contributed by atoms with Gasteiger partial charge in [-0.15, -0.1) is 11.6 Å². The van der Waals surface area contributed by atoms with Gasteiger partial charge in [-0.3, -0.25) is 4.79 Å². The molecule has 0 radical (unpaired) electrons. The van der Waals surface area contributed by atoms with E-state index in [0.29, 0.717) is 16.1 Å². The molecule has 4 nitrogen and oxygen atoms in total. The van der Waals surface area contributed by atoms with Crippen molar-refractivity contribution in [2.45, 2.75) is 37.6 Å². The third kappa shape index (κ3) is 4.02. The van der Waals surface area contributed by atoms with Crippen LogP contribution >= 0.6 is 22.9 Å². The fourth-order valence-corrected chi connectivity index (χ4v) is 5.34. The van der Waals surface area contributed by atoms with Gasteiger partial charge in [-0.05, 0) is 62.1 Å². The Balaban J connectivity index is 1.47. The molecule has 4 aromatic rings. The number of hydrogen-bond acceptors (Lipinski definition) is 4. The topological polar surface area (TPSA) is 54.9 Å². The second-order valence-corrected chi connectivity index (χ2v) is 10.2. The summed E-state index contributed by atoms with van der Waals surface area (Å²) in [5.41, 5.74) is 3.41. The van der Waals surface area contributed by atoms with Crippen molar-refractivity contribution < 1.29 is 9.18 Å². The summed E-state index contributed by atoms with van der Waals surface area (Å²) in [6.07, 6.45) is 2.15. The highest BCUT2D eigenvalue weighted by Crippen LogP contribution is 2.53. The predicted octanol–water partition coefficient (Wildman–Crippen LogP) is 6.17. The number of aromatic nitrogens is 2. The van der Waals surface area contributed by atoms with Gasteiger partial charge in [-0.25, -0.2) is 14.4 Å². The summed E-state index contributed by atoms with van der Waals surface area (Å²) >= 11 is 7.00. The molecule has 0 unspecified atom stereocenters. The Kier molecular flexibility index (Phi) is 5.46. The molecule has 1 saturated carbocycles. The summed E-state index contributed by atoms with van der Waals surface area (Å²) in [6.45, 7) is 3.63. The number of benzene rings is 2. The number of carbonyl (C=O) groups is 1. The van der Waals surface area contributed by atoms with Crippen LogP contribution in [0.1, 0.15) is 43.5 Å². The molecule has 33 heavy (non-hydrogen) atoms. The first-order valence-electron chi connectivity index (χ1n) is 10.8. The first kappa shape index (κ1) is 22.0. The van der Waals surface area contributed by atoms with E-state index >= 15 is 4.39 Å². The molecule has 1 amide bonds. The lowest BCUT2D eigenvalue weighted by molar-refractivity contribution is -0.120. The highest BCUT2D eigenvalue weighted by Gasteiger charge is 2.47. The Morgan fingerprint density at radius 2 is 1.88 bits per heavy atom. The van der Waals surface area contributed by atoms with Crippen LogP contribution in [0, 0.1) is 5.82 Å². The molecule has 1 aliphatic carbocycles. The highest BCUT2D eigenvalue weighted by atomic mass is 35.5. The van der Waals surface area contributed by atoms with Gasteiger partial charge in [0.1, 0.15) is 27.1 Å². The number of rotatable bonds is 6. The van der Waals surface area contributed by atoms with Crippen LogP contribution in [0.4, 0.5) is 4.39 Å². The number of nitrogens with zero attached hydrogens (tertiary/aromatic N) is 2. The lowest BCUT2D eigenvalue weighted by atomic mass is 9.92. The van der Waals surface area contributed by atoms with Crippen molar-refractivity contribution in [1.29, 1.82) is 0 Å². The average Bonchev–Trinajstić information content (AvgIpc) is 3.52. The van der Waals surface area contributed by atoms with Crippen LogP contribution in [0.15, 0.2) is 60.7 Å². The van der Waals surface area contributed by atoms with Gasteiger partial charge in [0.25, 0.3) is 0 Å². The molecule has 5 rings (SSSR count). The largest absolute Gasteiger partial charge is 0.346 e. The highest BCUT2D eigenvalue weighted by molar-refractivity contribution is 7.21. The maximum atomic E-state index is 15.1. The van der Waals surface area contributed by atoms with Gasteiger partial charge in [-0.1, -0.05) is 47.7 Å². The second-order valence-electron chi connectivity index (χ2n) is 8.99. The van der Waals surface area contributed by atoms with Crippen LogP contribution in [-0.2, 0) is 15.7 Å². The monoisotopic (exact) mass is 479 g/mol. The lowest BCUT2D eigenvalue weighted by Crippen LogP contribution is -2.41. The molecule has 0 aliphatic heterocycles. The number of thiazole rings is 1. The normalized spacial score (nSPS) is 14.9. The van der Waals surface area contributed by atoms with Gasteiger partial charge in [0.2, 0.25) is 5.91 Å². The Morgan fingerprint density at radius 3 is 2.55 bits per heavy atom. The van der Waals surface area contributed by atoms with E-state index in [9.17, 15) is 4.79 Å². The van der Waals surface area contributed by atoms with Gasteiger partial charge in [0.15, 0.2) is 0 Å². The van der Waals surface area contributed by atoms with Crippen LogP contribution in [0.2, 0.25) is 0 Å². The minimum absolute atomic E-state index is 0.0223. The fraction of sp³-hybridized carbons (Fsp3) is 0.269. The van der Waals surface area contributed by atoms with Gasteiger partial charge >= 0.3 is 0 Å².